The van der Waals surface area contributed by atoms with E-state index in [1.54, 1.807) is 27.3 Å². The van der Waals surface area contributed by atoms with Crippen molar-refractivity contribution in [2.75, 3.05) is 40.9 Å². The number of methoxy groups -OCH3 is 1. The maximum absolute atomic E-state index is 12.9. The van der Waals surface area contributed by atoms with Crippen molar-refractivity contribution in [3.8, 4) is 0 Å². The highest BCUT2D eigenvalue weighted by atomic mass is 127. The topological polar surface area (TPSA) is 66.0 Å². The first-order valence-electron chi connectivity index (χ1n) is 9.53. The summed E-state index contributed by atoms with van der Waals surface area (Å²) in [7, 11) is 4.97. The van der Waals surface area contributed by atoms with Crippen LogP contribution in [0.4, 0.5) is 13.2 Å². The van der Waals surface area contributed by atoms with E-state index in [0.29, 0.717) is 24.7 Å². The Balaban J connectivity index is 0.00000450. The lowest BCUT2D eigenvalue weighted by molar-refractivity contribution is -0.137. The van der Waals surface area contributed by atoms with Crippen LogP contribution >= 0.6 is 24.0 Å². The van der Waals surface area contributed by atoms with E-state index in [1.165, 1.54) is 11.0 Å². The Morgan fingerprint density at radius 2 is 1.97 bits per heavy atom. The Hall–Kier alpha value is -1.56. The van der Waals surface area contributed by atoms with E-state index in [0.717, 1.165) is 31.4 Å². The fraction of sp³-hybridized carbons (Fsp3) is 0.600. The summed E-state index contributed by atoms with van der Waals surface area (Å²) in [6.07, 6.45) is -1.30. The minimum Gasteiger partial charge on any atom is -0.385 e. The van der Waals surface area contributed by atoms with Crippen LogP contribution in [0.1, 0.15) is 30.4 Å². The van der Waals surface area contributed by atoms with Crippen molar-refractivity contribution in [2.45, 2.75) is 32.0 Å². The molecule has 10 heteroatoms. The van der Waals surface area contributed by atoms with E-state index in [9.17, 15) is 18.0 Å². The van der Waals surface area contributed by atoms with Gasteiger partial charge in [-0.3, -0.25) is 4.79 Å². The maximum Gasteiger partial charge on any atom is 0.416 e. The molecule has 0 heterocycles. The Bertz CT molecular complexity index is 722. The zero-order valence-corrected chi connectivity index (χ0v) is 19.8. The average Bonchev–Trinajstić information content (AvgIpc) is 3.45. The summed E-state index contributed by atoms with van der Waals surface area (Å²) in [6.45, 7) is 1.46. The van der Waals surface area contributed by atoms with E-state index in [-0.39, 0.29) is 48.4 Å². The molecule has 1 aliphatic carbocycles. The average molecular weight is 542 g/mol. The third kappa shape index (κ3) is 8.66. The van der Waals surface area contributed by atoms with Gasteiger partial charge in [0.2, 0.25) is 5.91 Å². The number of amides is 1. The number of guanidine groups is 1. The van der Waals surface area contributed by atoms with Crippen LogP contribution in [-0.4, -0.2) is 57.7 Å². The van der Waals surface area contributed by atoms with E-state index in [2.05, 4.69) is 15.6 Å². The number of alkyl halides is 3. The first-order valence-corrected chi connectivity index (χ1v) is 9.53. The fourth-order valence-corrected chi connectivity index (χ4v) is 2.79. The SMILES string of the molecule is COCCC1(CNC(=NCc2cccc(C(F)(F)F)c2)NCC(=O)N(C)C)CC1.I. The minimum absolute atomic E-state index is 0. The number of benzene rings is 1. The molecule has 1 saturated carbocycles. The van der Waals surface area contributed by atoms with Crippen molar-refractivity contribution in [3.63, 3.8) is 0 Å². The number of carbonyl (C=O) groups is 1. The van der Waals surface area contributed by atoms with E-state index >= 15 is 0 Å². The quantitative estimate of drug-likeness (QED) is 0.286. The summed E-state index contributed by atoms with van der Waals surface area (Å²) in [4.78, 5) is 17.7. The van der Waals surface area contributed by atoms with Crippen molar-refractivity contribution in [3.05, 3.63) is 35.4 Å². The molecule has 0 spiro atoms. The van der Waals surface area contributed by atoms with Gasteiger partial charge < -0.3 is 20.3 Å². The molecule has 2 N–H and O–H groups in total. The van der Waals surface area contributed by atoms with Gasteiger partial charge in [-0.15, -0.1) is 24.0 Å². The Morgan fingerprint density at radius 1 is 1.27 bits per heavy atom. The number of ether oxygens (including phenoxy) is 1. The van der Waals surface area contributed by atoms with E-state index < -0.39 is 11.7 Å². The lowest BCUT2D eigenvalue weighted by Gasteiger charge is -2.19. The van der Waals surface area contributed by atoms with Gasteiger partial charge in [-0.25, -0.2) is 4.99 Å². The highest BCUT2D eigenvalue weighted by Crippen LogP contribution is 2.48. The van der Waals surface area contributed by atoms with Crippen molar-refractivity contribution in [2.24, 2.45) is 10.4 Å². The van der Waals surface area contributed by atoms with Gasteiger partial charge >= 0.3 is 6.18 Å². The number of halogens is 4. The number of hydrogen-bond donors (Lipinski definition) is 2. The largest absolute Gasteiger partial charge is 0.416 e. The van der Waals surface area contributed by atoms with E-state index in [1.807, 2.05) is 0 Å². The molecular formula is C20H30F3IN4O2. The third-order valence-electron chi connectivity index (χ3n) is 5.00. The Labute approximate surface area is 192 Å². The summed E-state index contributed by atoms with van der Waals surface area (Å²) in [5.41, 5.74) is -0.104. The fourth-order valence-electron chi connectivity index (χ4n) is 2.79. The third-order valence-corrected chi connectivity index (χ3v) is 5.00. The van der Waals surface area contributed by atoms with Crippen LogP contribution in [0.15, 0.2) is 29.3 Å². The van der Waals surface area contributed by atoms with Gasteiger partial charge in [0.05, 0.1) is 18.7 Å². The molecule has 0 saturated heterocycles. The molecule has 6 nitrogen and oxygen atoms in total. The molecule has 1 amide bonds. The zero-order chi connectivity index (χ0) is 21.5. The highest BCUT2D eigenvalue weighted by molar-refractivity contribution is 14.0. The molecule has 0 unspecified atom stereocenters. The van der Waals surface area contributed by atoms with E-state index in [4.69, 9.17) is 4.74 Å². The molecule has 0 aliphatic heterocycles. The second kappa shape index (κ2) is 11.7. The predicted molar refractivity (Wildman–Crippen MR) is 121 cm³/mol. The van der Waals surface area contributed by atoms with Crippen LogP contribution < -0.4 is 10.6 Å². The highest BCUT2D eigenvalue weighted by Gasteiger charge is 2.41. The normalized spacial score (nSPS) is 15.2. The Kier molecular flexibility index (Phi) is 10.4. The number of hydrogen-bond acceptors (Lipinski definition) is 3. The Morgan fingerprint density at radius 3 is 2.53 bits per heavy atom. The van der Waals surface area contributed by atoms with Crippen molar-refractivity contribution in [1.82, 2.24) is 15.5 Å². The van der Waals surface area contributed by atoms with Crippen LogP contribution in [-0.2, 0) is 22.3 Å². The first-order chi connectivity index (χ1) is 13.6. The van der Waals surface area contributed by atoms with Crippen LogP contribution in [0.5, 0.6) is 0 Å². The summed E-state index contributed by atoms with van der Waals surface area (Å²) in [6, 6.07) is 5.09. The molecular weight excluding hydrogens is 512 g/mol. The lowest BCUT2D eigenvalue weighted by atomic mass is 10.0. The van der Waals surface area contributed by atoms with Crippen LogP contribution in [0.3, 0.4) is 0 Å². The molecule has 0 aromatic heterocycles. The number of nitrogens with zero attached hydrogens (tertiary/aromatic N) is 2. The van der Waals surface area contributed by atoms with Gasteiger partial charge in [-0.05, 0) is 42.4 Å². The molecule has 0 radical (unpaired) electrons. The van der Waals surface area contributed by atoms with Gasteiger partial charge in [-0.1, -0.05) is 12.1 Å². The maximum atomic E-state index is 12.9. The van der Waals surface area contributed by atoms with Crippen LogP contribution in [0.2, 0.25) is 0 Å². The number of aliphatic imine (C=N–C) groups is 1. The number of nitrogens with one attached hydrogen (secondary N) is 2. The molecule has 0 bridgehead atoms. The zero-order valence-electron chi connectivity index (χ0n) is 17.5. The van der Waals surface area contributed by atoms with Gasteiger partial charge in [0.1, 0.15) is 0 Å². The van der Waals surface area contributed by atoms with Gasteiger partial charge in [0.25, 0.3) is 0 Å². The summed E-state index contributed by atoms with van der Waals surface area (Å²) in [5, 5.41) is 6.20. The predicted octanol–water partition coefficient (Wildman–Crippen LogP) is 3.26. The van der Waals surface area contributed by atoms with Crippen molar-refractivity contribution in [1.29, 1.82) is 0 Å². The number of rotatable bonds is 9. The van der Waals surface area contributed by atoms with Gasteiger partial charge in [0.15, 0.2) is 5.96 Å². The molecule has 1 aliphatic rings. The minimum atomic E-state index is -4.39. The van der Waals surface area contributed by atoms with Crippen molar-refractivity contribution < 1.29 is 22.7 Å². The number of carbonyl (C=O) groups excluding carboxylic acids is 1. The molecule has 2 rings (SSSR count). The summed E-state index contributed by atoms with van der Waals surface area (Å²) < 4.78 is 43.9. The summed E-state index contributed by atoms with van der Waals surface area (Å²) in [5.74, 6) is 0.278. The van der Waals surface area contributed by atoms with Crippen LogP contribution in [0, 0.1) is 5.41 Å². The second-order valence-electron chi connectivity index (χ2n) is 7.60. The molecule has 1 aromatic rings. The number of likely N-dealkylation sites (N-methyl/N-ethyl adjacent to an activating group) is 1. The van der Waals surface area contributed by atoms with Crippen molar-refractivity contribution >= 4 is 35.8 Å². The standard InChI is InChI=1S/C20H29F3N4O2.HI/c1-27(2)17(28)13-25-18(26-14-19(7-8-19)9-10-29-3)24-12-15-5-4-6-16(11-15)20(21,22)23;/h4-6,11H,7-10,12-14H2,1-3H3,(H2,24,25,26);1H. The molecule has 30 heavy (non-hydrogen) atoms. The molecule has 170 valence electrons. The second-order valence-corrected chi connectivity index (χ2v) is 7.60. The molecule has 0 atom stereocenters. The van der Waals surface area contributed by atoms with Crippen LogP contribution in [0.25, 0.3) is 0 Å². The monoisotopic (exact) mass is 542 g/mol. The summed E-state index contributed by atoms with van der Waals surface area (Å²) >= 11 is 0. The smallest absolute Gasteiger partial charge is 0.385 e. The first kappa shape index (κ1) is 26.5. The molecule has 1 fully saturated rings. The van der Waals surface area contributed by atoms with Gasteiger partial charge in [-0.2, -0.15) is 13.2 Å². The lowest BCUT2D eigenvalue weighted by Crippen LogP contribution is -2.44. The van der Waals surface area contributed by atoms with Gasteiger partial charge in [0, 0.05) is 34.4 Å². The molecule has 1 aromatic carbocycles.